The van der Waals surface area contributed by atoms with Crippen LogP contribution in [0.25, 0.3) is 0 Å². The molecule has 3 aromatic rings. The molecule has 3 aromatic carbocycles. The molecule has 0 fully saturated rings. The molecule has 0 bridgehead atoms. The number of aryl methyl sites for hydroxylation is 3. The van der Waals surface area contributed by atoms with Crippen molar-refractivity contribution in [2.24, 2.45) is 0 Å². The van der Waals surface area contributed by atoms with Crippen LogP contribution in [0, 0.1) is 34.9 Å². The van der Waals surface area contributed by atoms with Crippen LogP contribution < -0.4 is 4.74 Å². The monoisotopic (exact) mass is 480 g/mol. The summed E-state index contributed by atoms with van der Waals surface area (Å²) >= 11 is 0. The zero-order chi connectivity index (χ0) is 24.8. The average Bonchev–Trinajstić information content (AvgIpc) is 2.75. The summed E-state index contributed by atoms with van der Waals surface area (Å²) in [5.41, 5.74) is 0.714. The second-order valence-corrected chi connectivity index (χ2v) is 8.15. The molecule has 0 saturated carbocycles. The highest BCUT2D eigenvalue weighted by atomic mass is 19.2. The third kappa shape index (κ3) is 6.13. The molecule has 1 nitrogen and oxygen atoms in total. The maximum atomic E-state index is 14.6. The van der Waals surface area contributed by atoms with Crippen LogP contribution in [-0.4, -0.2) is 6.61 Å². The Labute approximate surface area is 195 Å². The van der Waals surface area contributed by atoms with Gasteiger partial charge in [-0.25, -0.2) is 26.3 Å². The van der Waals surface area contributed by atoms with E-state index >= 15 is 0 Å². The molecule has 0 unspecified atom stereocenters. The van der Waals surface area contributed by atoms with Crippen molar-refractivity contribution >= 4 is 0 Å². The number of halogens is 6. The molecule has 0 radical (unpaired) electrons. The van der Waals surface area contributed by atoms with Crippen LogP contribution in [0.2, 0.25) is 0 Å². The summed E-state index contributed by atoms with van der Waals surface area (Å²) in [7, 11) is 0. The van der Waals surface area contributed by atoms with Crippen LogP contribution in [0.5, 0.6) is 5.75 Å². The Balaban J connectivity index is 1.70. The van der Waals surface area contributed by atoms with Crippen LogP contribution in [0.1, 0.15) is 48.1 Å². The molecule has 0 aliphatic rings. The molecule has 0 spiro atoms. The fourth-order valence-electron chi connectivity index (χ4n) is 3.94. The van der Waals surface area contributed by atoms with Gasteiger partial charge in [-0.15, -0.1) is 0 Å². The zero-order valence-electron chi connectivity index (χ0n) is 19.1. The van der Waals surface area contributed by atoms with Gasteiger partial charge in [0.25, 0.3) is 0 Å². The Hall–Kier alpha value is -2.96. The molecule has 0 amide bonds. The van der Waals surface area contributed by atoms with Gasteiger partial charge in [0.05, 0.1) is 6.61 Å². The van der Waals surface area contributed by atoms with E-state index in [-0.39, 0.29) is 54.5 Å². The number of rotatable bonds is 10. The quantitative estimate of drug-likeness (QED) is 0.274. The Morgan fingerprint density at radius 2 is 0.853 bits per heavy atom. The number of ether oxygens (including phenoxy) is 1. The van der Waals surface area contributed by atoms with Crippen LogP contribution in [-0.2, 0) is 32.1 Å². The van der Waals surface area contributed by atoms with E-state index in [0.717, 1.165) is 30.7 Å². The Morgan fingerprint density at radius 1 is 0.500 bits per heavy atom. The third-order valence-corrected chi connectivity index (χ3v) is 5.61. The first kappa shape index (κ1) is 25.7. The minimum Gasteiger partial charge on any atom is -0.488 e. The topological polar surface area (TPSA) is 9.23 Å². The highest BCUT2D eigenvalue weighted by Gasteiger charge is 2.16. The largest absolute Gasteiger partial charge is 0.488 e. The van der Waals surface area contributed by atoms with Crippen molar-refractivity contribution in [2.45, 2.75) is 52.4 Å². The molecule has 0 heterocycles. The Kier molecular flexibility index (Phi) is 8.64. The summed E-state index contributed by atoms with van der Waals surface area (Å²) in [4.78, 5) is 0. The molecule has 182 valence electrons. The first-order valence-corrected chi connectivity index (χ1v) is 11.3. The van der Waals surface area contributed by atoms with Gasteiger partial charge in [0.15, 0.2) is 17.4 Å². The van der Waals surface area contributed by atoms with E-state index in [4.69, 9.17) is 4.74 Å². The normalized spacial score (nSPS) is 11.2. The van der Waals surface area contributed by atoms with Gasteiger partial charge in [-0.05, 0) is 92.1 Å². The first-order valence-electron chi connectivity index (χ1n) is 11.3. The summed E-state index contributed by atoms with van der Waals surface area (Å²) in [6.45, 7) is 3.60. The van der Waals surface area contributed by atoms with Crippen molar-refractivity contribution in [1.82, 2.24) is 0 Å². The van der Waals surface area contributed by atoms with Gasteiger partial charge in [-0.3, -0.25) is 0 Å². The van der Waals surface area contributed by atoms with Crippen LogP contribution in [0.15, 0.2) is 36.4 Å². The maximum absolute atomic E-state index is 14.6. The molecule has 0 atom stereocenters. The lowest BCUT2D eigenvalue weighted by Gasteiger charge is -2.11. The van der Waals surface area contributed by atoms with E-state index in [1.165, 1.54) is 12.1 Å². The van der Waals surface area contributed by atoms with Crippen LogP contribution >= 0.6 is 0 Å². The van der Waals surface area contributed by atoms with Gasteiger partial charge >= 0.3 is 0 Å². The van der Waals surface area contributed by atoms with E-state index in [1.807, 2.05) is 6.92 Å². The molecule has 34 heavy (non-hydrogen) atoms. The fourth-order valence-corrected chi connectivity index (χ4v) is 3.94. The molecule has 0 aliphatic heterocycles. The van der Waals surface area contributed by atoms with Gasteiger partial charge in [0.2, 0.25) is 0 Å². The number of hydrogen-bond donors (Lipinski definition) is 0. The summed E-state index contributed by atoms with van der Waals surface area (Å²) in [5, 5.41) is 0. The van der Waals surface area contributed by atoms with E-state index in [2.05, 4.69) is 0 Å². The van der Waals surface area contributed by atoms with Gasteiger partial charge in [0, 0.05) is 11.1 Å². The van der Waals surface area contributed by atoms with E-state index in [9.17, 15) is 26.3 Å². The molecular weight excluding hydrogens is 454 g/mol. The van der Waals surface area contributed by atoms with Crippen molar-refractivity contribution in [2.75, 3.05) is 6.61 Å². The zero-order valence-corrected chi connectivity index (χ0v) is 19.1. The van der Waals surface area contributed by atoms with Crippen LogP contribution in [0.4, 0.5) is 26.3 Å². The maximum Gasteiger partial charge on any atom is 0.190 e. The summed E-state index contributed by atoms with van der Waals surface area (Å²) in [6, 6.07) is 6.98. The molecule has 0 aromatic heterocycles. The number of benzene rings is 3. The highest BCUT2D eigenvalue weighted by Crippen LogP contribution is 2.26. The SMILES string of the molecule is CCCc1cc(F)c(CCc2cc(F)c(CCc3cc(F)c(OCC)c(F)c3)c(F)c2)c(F)c1. The van der Waals surface area contributed by atoms with E-state index in [1.54, 1.807) is 6.92 Å². The standard InChI is InChI=1S/C27H26F6O/c1-3-5-16-10-21(28)19(22(29)11-16)8-6-17-12-23(30)20(24(31)13-17)9-7-18-14-25(32)27(34-4-2)26(33)15-18/h10-15H,3-9H2,1-2H3. The van der Waals surface area contributed by atoms with Crippen molar-refractivity contribution in [1.29, 1.82) is 0 Å². The molecule has 0 aliphatic carbocycles. The smallest absolute Gasteiger partial charge is 0.190 e. The van der Waals surface area contributed by atoms with Gasteiger partial charge < -0.3 is 4.74 Å². The van der Waals surface area contributed by atoms with Crippen molar-refractivity contribution in [3.05, 3.63) is 99.1 Å². The molecule has 0 N–H and O–H groups in total. The van der Waals surface area contributed by atoms with E-state index < -0.39 is 40.7 Å². The second kappa shape index (κ2) is 11.4. The van der Waals surface area contributed by atoms with Crippen molar-refractivity contribution < 1.29 is 31.1 Å². The Morgan fingerprint density at radius 3 is 1.21 bits per heavy atom. The first-order chi connectivity index (χ1) is 16.2. The molecule has 7 heteroatoms. The highest BCUT2D eigenvalue weighted by molar-refractivity contribution is 5.33. The predicted molar refractivity (Wildman–Crippen MR) is 119 cm³/mol. The summed E-state index contributed by atoms with van der Waals surface area (Å²) in [6.07, 6.45) is 1.20. The van der Waals surface area contributed by atoms with Crippen molar-refractivity contribution in [3.63, 3.8) is 0 Å². The molecule has 0 saturated heterocycles. The third-order valence-electron chi connectivity index (χ3n) is 5.61. The van der Waals surface area contributed by atoms with E-state index in [0.29, 0.717) is 12.0 Å². The average molecular weight is 480 g/mol. The lowest BCUT2D eigenvalue weighted by Crippen LogP contribution is -2.05. The molecular formula is C27H26F6O. The minimum atomic E-state index is -0.879. The lowest BCUT2D eigenvalue weighted by atomic mass is 9.97. The Bertz CT molecular complexity index is 1090. The number of hydrogen-bond acceptors (Lipinski definition) is 1. The van der Waals surface area contributed by atoms with Gasteiger partial charge in [0.1, 0.15) is 23.3 Å². The van der Waals surface area contributed by atoms with Crippen molar-refractivity contribution in [3.8, 4) is 5.75 Å². The molecule has 3 rings (SSSR count). The summed E-state index contributed by atoms with van der Waals surface area (Å²) < 4.78 is 90.7. The summed E-state index contributed by atoms with van der Waals surface area (Å²) in [5.74, 6) is -5.22. The van der Waals surface area contributed by atoms with Gasteiger partial charge in [-0.2, -0.15) is 0 Å². The second-order valence-electron chi connectivity index (χ2n) is 8.15. The minimum absolute atomic E-state index is 0.00790. The fraction of sp³-hybridized carbons (Fsp3) is 0.333. The lowest BCUT2D eigenvalue weighted by molar-refractivity contribution is 0.302. The predicted octanol–water partition coefficient (Wildman–Crippen LogP) is 7.44. The van der Waals surface area contributed by atoms with Gasteiger partial charge in [-0.1, -0.05) is 13.3 Å². The van der Waals surface area contributed by atoms with Crippen LogP contribution in [0.3, 0.4) is 0 Å².